The Bertz CT molecular complexity index is 1230. The number of carbonyl (C=O) groups is 1. The Labute approximate surface area is 155 Å². The second-order valence-electron chi connectivity index (χ2n) is 5.61. The van der Waals surface area contributed by atoms with Gasteiger partial charge in [0.05, 0.1) is 23.3 Å². The number of nitrogens with zero attached hydrogens (tertiary/aromatic N) is 3. The minimum absolute atomic E-state index is 0.0155. The molecular weight excluding hydrogens is 371 g/mol. The van der Waals surface area contributed by atoms with Gasteiger partial charge >= 0.3 is 6.16 Å². The van der Waals surface area contributed by atoms with E-state index < -0.39 is 11.7 Å². The van der Waals surface area contributed by atoms with Crippen LogP contribution in [0.15, 0.2) is 59.7 Å². The number of hydrogen-bond donors (Lipinski definition) is 2. The third-order valence-corrected chi connectivity index (χ3v) is 3.69. The summed E-state index contributed by atoms with van der Waals surface area (Å²) < 4.78 is 24.3. The first kappa shape index (κ1) is 17.2. The molecule has 0 fully saturated rings. The molecule has 0 spiro atoms. The Hall–Kier alpha value is -4.21. The summed E-state index contributed by atoms with van der Waals surface area (Å²) >= 11 is 0. The monoisotopic (exact) mass is 382 g/mol. The molecule has 0 aliphatic heterocycles. The molecule has 9 nitrogen and oxygen atoms in total. The van der Waals surface area contributed by atoms with Gasteiger partial charge in [-0.3, -0.25) is 9.78 Å². The van der Waals surface area contributed by atoms with Gasteiger partial charge in [0, 0.05) is 0 Å². The zero-order valence-electron chi connectivity index (χ0n) is 14.0. The van der Waals surface area contributed by atoms with Crippen molar-refractivity contribution in [3.8, 4) is 23.2 Å². The Balaban J connectivity index is 1.66. The van der Waals surface area contributed by atoms with Gasteiger partial charge in [-0.25, -0.2) is 18.9 Å². The van der Waals surface area contributed by atoms with Crippen LogP contribution in [0.25, 0.3) is 16.9 Å². The van der Waals surface area contributed by atoms with Gasteiger partial charge in [0.25, 0.3) is 5.56 Å². The number of benzene rings is 2. The van der Waals surface area contributed by atoms with E-state index in [9.17, 15) is 14.0 Å². The molecular formula is C18H11FN4O5. The Morgan fingerprint density at radius 3 is 2.61 bits per heavy atom. The molecule has 0 amide bonds. The van der Waals surface area contributed by atoms with Crippen LogP contribution < -0.4 is 15.0 Å². The van der Waals surface area contributed by atoms with Crippen molar-refractivity contribution in [2.24, 2.45) is 0 Å². The molecule has 0 bridgehead atoms. The van der Waals surface area contributed by atoms with Gasteiger partial charge < -0.3 is 14.6 Å². The van der Waals surface area contributed by atoms with Crippen LogP contribution in [0.3, 0.4) is 0 Å². The summed E-state index contributed by atoms with van der Waals surface area (Å²) in [5, 5.41) is 12.8. The minimum Gasteiger partial charge on any atom is -0.457 e. The summed E-state index contributed by atoms with van der Waals surface area (Å²) in [6.07, 6.45) is 0.968. The number of aromatic nitrogens is 4. The van der Waals surface area contributed by atoms with Gasteiger partial charge in [-0.05, 0) is 42.5 Å². The van der Waals surface area contributed by atoms with Crippen LogP contribution >= 0.6 is 0 Å². The van der Waals surface area contributed by atoms with Gasteiger partial charge in [0.2, 0.25) is 5.95 Å². The second kappa shape index (κ2) is 6.83. The van der Waals surface area contributed by atoms with Crippen molar-refractivity contribution in [3.63, 3.8) is 0 Å². The number of carboxylic acid groups (broad SMARTS) is 1. The highest BCUT2D eigenvalue weighted by Crippen LogP contribution is 2.24. The van der Waals surface area contributed by atoms with Crippen LogP contribution in [0.1, 0.15) is 0 Å². The Kier molecular flexibility index (Phi) is 4.20. The fourth-order valence-electron chi connectivity index (χ4n) is 2.49. The van der Waals surface area contributed by atoms with Crippen LogP contribution in [0.4, 0.5) is 9.18 Å². The number of halogens is 1. The van der Waals surface area contributed by atoms with Crippen LogP contribution in [0.2, 0.25) is 0 Å². The summed E-state index contributed by atoms with van der Waals surface area (Å²) in [4.78, 5) is 29.9. The van der Waals surface area contributed by atoms with Crippen molar-refractivity contribution in [2.75, 3.05) is 0 Å². The Morgan fingerprint density at radius 2 is 1.86 bits per heavy atom. The highest BCUT2D eigenvalue weighted by molar-refractivity contribution is 5.79. The molecule has 0 aliphatic rings. The molecule has 0 saturated carbocycles. The lowest BCUT2D eigenvalue weighted by molar-refractivity contribution is 0.144. The molecule has 4 aromatic rings. The SMILES string of the molecule is O=C(O)Oc1cnn(-c2nc3ccc(Oc4ccc(F)cc4)cc3c(=O)[nH]2)c1. The molecule has 2 aromatic heterocycles. The van der Waals surface area contributed by atoms with E-state index >= 15 is 0 Å². The predicted molar refractivity (Wildman–Crippen MR) is 94.6 cm³/mol. The number of hydrogen-bond acceptors (Lipinski definition) is 6. The van der Waals surface area contributed by atoms with Gasteiger partial charge in [-0.15, -0.1) is 0 Å². The van der Waals surface area contributed by atoms with E-state index in [-0.39, 0.29) is 22.9 Å². The normalized spacial score (nSPS) is 10.8. The number of aromatic amines is 1. The smallest absolute Gasteiger partial charge is 0.457 e. The minimum atomic E-state index is -1.48. The number of ether oxygens (including phenoxy) is 2. The Morgan fingerprint density at radius 1 is 1.11 bits per heavy atom. The molecule has 10 heteroatoms. The molecule has 2 aromatic carbocycles. The average molecular weight is 382 g/mol. The van der Waals surface area contributed by atoms with Gasteiger partial charge in [0.15, 0.2) is 5.75 Å². The quantitative estimate of drug-likeness (QED) is 0.521. The number of rotatable bonds is 4. The van der Waals surface area contributed by atoms with Crippen LogP contribution in [-0.2, 0) is 0 Å². The predicted octanol–water partition coefficient (Wildman–Crippen LogP) is 3.10. The lowest BCUT2D eigenvalue weighted by atomic mass is 10.2. The summed E-state index contributed by atoms with van der Waals surface area (Å²) in [7, 11) is 0. The molecule has 0 saturated heterocycles. The van der Waals surface area contributed by atoms with Crippen molar-refractivity contribution < 1.29 is 23.8 Å². The molecule has 0 atom stereocenters. The van der Waals surface area contributed by atoms with E-state index in [1.807, 2.05) is 0 Å². The van der Waals surface area contributed by atoms with E-state index in [0.717, 1.165) is 0 Å². The van der Waals surface area contributed by atoms with E-state index in [1.165, 1.54) is 47.4 Å². The van der Waals surface area contributed by atoms with Crippen molar-refractivity contribution in [2.45, 2.75) is 0 Å². The fraction of sp³-hybridized carbons (Fsp3) is 0. The first-order valence-corrected chi connectivity index (χ1v) is 7.91. The van der Waals surface area contributed by atoms with Crippen LogP contribution in [0, 0.1) is 5.82 Å². The maximum atomic E-state index is 13.0. The van der Waals surface area contributed by atoms with E-state index in [0.29, 0.717) is 17.0 Å². The second-order valence-corrected chi connectivity index (χ2v) is 5.61. The summed E-state index contributed by atoms with van der Waals surface area (Å²) in [6.45, 7) is 0. The first-order valence-electron chi connectivity index (χ1n) is 7.91. The highest BCUT2D eigenvalue weighted by Gasteiger charge is 2.11. The zero-order chi connectivity index (χ0) is 19.7. The maximum Gasteiger partial charge on any atom is 0.511 e. The largest absolute Gasteiger partial charge is 0.511 e. The van der Waals surface area contributed by atoms with E-state index in [4.69, 9.17) is 9.84 Å². The summed E-state index contributed by atoms with van der Waals surface area (Å²) in [5.41, 5.74) is -0.0674. The van der Waals surface area contributed by atoms with Crippen molar-refractivity contribution in [1.82, 2.24) is 19.7 Å². The van der Waals surface area contributed by atoms with Gasteiger partial charge in [-0.2, -0.15) is 5.10 Å². The number of H-pyrrole nitrogens is 1. The van der Waals surface area contributed by atoms with Crippen molar-refractivity contribution >= 4 is 17.1 Å². The molecule has 0 aliphatic carbocycles. The van der Waals surface area contributed by atoms with Crippen molar-refractivity contribution in [1.29, 1.82) is 0 Å². The average Bonchev–Trinajstić information content (AvgIpc) is 3.12. The van der Waals surface area contributed by atoms with Crippen molar-refractivity contribution in [3.05, 3.63) is 71.0 Å². The van der Waals surface area contributed by atoms with Gasteiger partial charge in [-0.1, -0.05) is 0 Å². The van der Waals surface area contributed by atoms with E-state index in [1.54, 1.807) is 12.1 Å². The third kappa shape index (κ3) is 3.51. The topological polar surface area (TPSA) is 119 Å². The number of fused-ring (bicyclic) bond motifs is 1. The standard InChI is InChI=1S/C18H11FN4O5/c19-10-1-3-11(4-2-10)27-12-5-6-15-14(7-12)16(24)22-17(21-15)23-9-13(8-20-23)28-18(25)26/h1-9H,(H,25,26)(H,21,22,24). The lowest BCUT2D eigenvalue weighted by Crippen LogP contribution is -2.13. The molecule has 4 rings (SSSR count). The lowest BCUT2D eigenvalue weighted by Gasteiger charge is -2.07. The third-order valence-electron chi connectivity index (χ3n) is 3.69. The molecule has 2 heterocycles. The molecule has 140 valence electrons. The van der Waals surface area contributed by atoms with Crippen LogP contribution in [-0.4, -0.2) is 31.0 Å². The maximum absolute atomic E-state index is 13.0. The summed E-state index contributed by atoms with van der Waals surface area (Å²) in [5.74, 6) is 0.498. The first-order chi connectivity index (χ1) is 13.5. The molecule has 2 N–H and O–H groups in total. The number of nitrogens with one attached hydrogen (secondary N) is 1. The fourth-order valence-corrected chi connectivity index (χ4v) is 2.49. The van der Waals surface area contributed by atoms with Crippen LogP contribution in [0.5, 0.6) is 17.2 Å². The molecule has 0 unspecified atom stereocenters. The zero-order valence-corrected chi connectivity index (χ0v) is 14.0. The highest BCUT2D eigenvalue weighted by atomic mass is 19.1. The van der Waals surface area contributed by atoms with E-state index in [2.05, 4.69) is 19.8 Å². The molecule has 0 radical (unpaired) electrons. The summed E-state index contributed by atoms with van der Waals surface area (Å²) in [6, 6.07) is 10.2. The molecule has 28 heavy (non-hydrogen) atoms. The van der Waals surface area contributed by atoms with Gasteiger partial charge in [0.1, 0.15) is 17.3 Å².